The summed E-state index contributed by atoms with van der Waals surface area (Å²) >= 11 is 0. The Kier molecular flexibility index (Phi) is 11.2. The van der Waals surface area contributed by atoms with Crippen LogP contribution in [-0.2, 0) is 30.2 Å². The predicted molar refractivity (Wildman–Crippen MR) is 143 cm³/mol. The Bertz CT molecular complexity index is 1260. The molecular formula is C26H34N3O10P. The van der Waals surface area contributed by atoms with Crippen LogP contribution in [0.5, 0.6) is 11.5 Å². The number of rotatable bonds is 14. The highest BCUT2D eigenvalue weighted by Gasteiger charge is 2.50. The first-order valence-electron chi connectivity index (χ1n) is 12.3. The summed E-state index contributed by atoms with van der Waals surface area (Å²) in [5, 5.41) is 15.0. The van der Waals surface area contributed by atoms with E-state index in [1.165, 1.54) is 50.2 Å². The fraction of sp³-hybridized carbons (Fsp3) is 0.385. The van der Waals surface area contributed by atoms with Gasteiger partial charge in [0.2, 0.25) is 23.4 Å². The van der Waals surface area contributed by atoms with E-state index in [0.29, 0.717) is 12.2 Å². The number of nitrogens with one attached hydrogen (secondary N) is 2. The molecule has 2 aromatic rings. The summed E-state index contributed by atoms with van der Waals surface area (Å²) in [6.45, 7) is 2.82. The van der Waals surface area contributed by atoms with Crippen molar-refractivity contribution < 1.29 is 47.9 Å². The molecular weight excluding hydrogens is 545 g/mol. The van der Waals surface area contributed by atoms with Crippen molar-refractivity contribution in [1.82, 2.24) is 15.5 Å². The van der Waals surface area contributed by atoms with Crippen LogP contribution in [0.4, 0.5) is 0 Å². The number of benzene rings is 2. The fourth-order valence-electron chi connectivity index (χ4n) is 4.12. The number of ether oxygens (including phenoxy) is 1. The third-order valence-corrected chi connectivity index (χ3v) is 6.56. The lowest BCUT2D eigenvalue weighted by Crippen LogP contribution is -2.68. The molecule has 14 heteroatoms. The van der Waals surface area contributed by atoms with Crippen molar-refractivity contribution in [2.75, 3.05) is 20.7 Å². The van der Waals surface area contributed by atoms with E-state index in [2.05, 4.69) is 15.2 Å². The summed E-state index contributed by atoms with van der Waals surface area (Å²) in [5.41, 5.74) is -1.39. The molecule has 5 N–H and O–H groups in total. The lowest BCUT2D eigenvalue weighted by molar-refractivity contribution is -0.154. The number of phosphoric acid groups is 1. The number of nitrogens with zero attached hydrogens (tertiary/aromatic N) is 1. The van der Waals surface area contributed by atoms with Gasteiger partial charge >= 0.3 is 13.8 Å². The highest BCUT2D eigenvalue weighted by Crippen LogP contribution is 2.39. The van der Waals surface area contributed by atoms with Crippen LogP contribution < -0.4 is 19.9 Å². The number of amides is 3. The van der Waals surface area contributed by atoms with Gasteiger partial charge < -0.3 is 29.9 Å². The molecule has 2 aromatic carbocycles. The quantitative estimate of drug-likeness (QED) is 0.163. The summed E-state index contributed by atoms with van der Waals surface area (Å²) in [6, 6.07) is 12.3. The average Bonchev–Trinajstić information content (AvgIpc) is 2.89. The number of carbonyl (C=O) groups is 4. The molecule has 0 fully saturated rings. The van der Waals surface area contributed by atoms with E-state index in [9.17, 15) is 28.8 Å². The minimum atomic E-state index is -4.87. The molecule has 0 aliphatic heterocycles. The Labute approximate surface area is 231 Å². The number of phosphoric ester groups is 1. The number of para-hydroxylation sites is 1. The first-order valence-corrected chi connectivity index (χ1v) is 13.8. The molecule has 0 radical (unpaired) electrons. The molecule has 0 aromatic heterocycles. The molecule has 0 spiro atoms. The molecule has 2 rings (SSSR count). The predicted octanol–water partition coefficient (Wildman–Crippen LogP) is 1.78. The Morgan fingerprint density at radius 1 is 1.05 bits per heavy atom. The smallest absolute Gasteiger partial charge is 0.496 e. The second kappa shape index (κ2) is 13.9. The molecule has 40 heavy (non-hydrogen) atoms. The largest absolute Gasteiger partial charge is 0.524 e. The summed E-state index contributed by atoms with van der Waals surface area (Å²) in [6.07, 6.45) is -0.130. The summed E-state index contributed by atoms with van der Waals surface area (Å²) in [4.78, 5) is 70.3. The van der Waals surface area contributed by atoms with Gasteiger partial charge in [0.25, 0.3) is 0 Å². The summed E-state index contributed by atoms with van der Waals surface area (Å²) in [5.74, 6) is -4.48. The number of carbonyl (C=O) groups excluding carboxylic acids is 3. The molecule has 0 heterocycles. The second-order valence-electron chi connectivity index (χ2n) is 8.98. The van der Waals surface area contributed by atoms with Crippen LogP contribution in [0.1, 0.15) is 43.7 Å². The number of aliphatic carboxylic acids is 1. The lowest BCUT2D eigenvalue weighted by atomic mass is 9.82. The zero-order chi connectivity index (χ0) is 30.1. The Hall–Kier alpha value is -3.93. The van der Waals surface area contributed by atoms with Crippen LogP contribution in [-0.4, -0.2) is 69.8 Å². The molecule has 0 bridgehead atoms. The molecule has 2 atom stereocenters. The maximum absolute atomic E-state index is 13.4. The minimum absolute atomic E-state index is 0.108. The zero-order valence-corrected chi connectivity index (χ0v) is 23.5. The van der Waals surface area contributed by atoms with Gasteiger partial charge in [-0.05, 0) is 35.7 Å². The highest BCUT2D eigenvalue weighted by molar-refractivity contribution is 7.46. The fourth-order valence-corrected chi connectivity index (χ4v) is 4.52. The van der Waals surface area contributed by atoms with Gasteiger partial charge in [-0.3, -0.25) is 24.2 Å². The zero-order valence-electron chi connectivity index (χ0n) is 22.6. The Morgan fingerprint density at radius 3 is 2.20 bits per heavy atom. The van der Waals surface area contributed by atoms with Gasteiger partial charge in [0, 0.05) is 39.3 Å². The highest BCUT2D eigenvalue weighted by atomic mass is 31.2. The maximum atomic E-state index is 13.4. The maximum Gasteiger partial charge on any atom is 0.524 e. The molecule has 3 amide bonds. The van der Waals surface area contributed by atoms with Crippen LogP contribution in [0, 0.1) is 0 Å². The number of methoxy groups -OCH3 is 1. The topological polar surface area (TPSA) is 192 Å². The van der Waals surface area contributed by atoms with Gasteiger partial charge in [-0.25, -0.2) is 9.36 Å². The number of carboxylic acids is 1. The van der Waals surface area contributed by atoms with Crippen LogP contribution >= 0.6 is 7.82 Å². The SMILES string of the molecule is CCC(=O)NC(NC(C)=O)(C(=O)O)C(CC(=O)N(C)CCc1ccccc1OC)c1ccc(OP(=O)(O)O)cc1. The third-order valence-electron chi connectivity index (χ3n) is 6.11. The van der Waals surface area contributed by atoms with E-state index in [1.807, 2.05) is 18.2 Å². The van der Waals surface area contributed by atoms with E-state index in [1.54, 1.807) is 6.07 Å². The van der Waals surface area contributed by atoms with Gasteiger partial charge in [-0.1, -0.05) is 37.3 Å². The van der Waals surface area contributed by atoms with E-state index in [0.717, 1.165) is 12.5 Å². The average molecular weight is 580 g/mol. The van der Waals surface area contributed by atoms with E-state index < -0.39 is 49.5 Å². The van der Waals surface area contributed by atoms with Crippen molar-refractivity contribution in [3.8, 4) is 11.5 Å². The van der Waals surface area contributed by atoms with E-state index in [-0.39, 0.29) is 24.3 Å². The van der Waals surface area contributed by atoms with Crippen molar-refractivity contribution in [1.29, 1.82) is 0 Å². The van der Waals surface area contributed by atoms with Crippen LogP contribution in [0.2, 0.25) is 0 Å². The number of carboxylic acid groups (broad SMARTS) is 1. The van der Waals surface area contributed by atoms with Crippen molar-refractivity contribution >= 4 is 31.5 Å². The molecule has 0 saturated heterocycles. The monoisotopic (exact) mass is 579 g/mol. The molecule has 0 aliphatic rings. The van der Waals surface area contributed by atoms with Gasteiger partial charge in [0.1, 0.15) is 11.5 Å². The van der Waals surface area contributed by atoms with Crippen molar-refractivity contribution in [3.63, 3.8) is 0 Å². The van der Waals surface area contributed by atoms with Gasteiger partial charge in [-0.15, -0.1) is 0 Å². The molecule has 218 valence electrons. The van der Waals surface area contributed by atoms with Gasteiger partial charge in [0.05, 0.1) is 7.11 Å². The molecule has 13 nitrogen and oxygen atoms in total. The summed E-state index contributed by atoms with van der Waals surface area (Å²) in [7, 11) is -1.80. The first-order chi connectivity index (χ1) is 18.7. The summed E-state index contributed by atoms with van der Waals surface area (Å²) < 4.78 is 21.1. The lowest BCUT2D eigenvalue weighted by Gasteiger charge is -2.38. The normalized spacial score (nSPS) is 13.3. The third kappa shape index (κ3) is 8.80. The van der Waals surface area contributed by atoms with Crippen molar-refractivity contribution in [3.05, 3.63) is 59.7 Å². The molecule has 2 unspecified atom stereocenters. The molecule has 0 saturated carbocycles. The minimum Gasteiger partial charge on any atom is -0.496 e. The van der Waals surface area contributed by atoms with E-state index in [4.69, 9.17) is 14.5 Å². The second-order valence-corrected chi connectivity index (χ2v) is 10.1. The first kappa shape index (κ1) is 32.3. The number of hydrogen-bond donors (Lipinski definition) is 5. The van der Waals surface area contributed by atoms with Crippen LogP contribution in [0.3, 0.4) is 0 Å². The van der Waals surface area contributed by atoms with Gasteiger partial charge in [0.15, 0.2) is 0 Å². The van der Waals surface area contributed by atoms with Crippen molar-refractivity contribution in [2.24, 2.45) is 0 Å². The Morgan fingerprint density at radius 2 is 1.68 bits per heavy atom. The van der Waals surface area contributed by atoms with Crippen LogP contribution in [0.25, 0.3) is 0 Å². The van der Waals surface area contributed by atoms with E-state index >= 15 is 0 Å². The Balaban J connectivity index is 2.49. The standard InChI is InChI=1S/C26H34N3O10P/c1-5-23(31)28-26(25(33)34,27-17(2)30)21(18-10-12-20(13-11-18)39-40(35,36)37)16-24(32)29(3)15-14-19-8-6-7-9-22(19)38-4/h6-13,21H,5,14-16H2,1-4H3,(H,27,30)(H,28,31)(H,33,34)(H2,35,36,37). The number of likely N-dealkylation sites (N-methyl/N-ethyl adjacent to an activating group) is 1. The molecule has 0 aliphatic carbocycles. The van der Waals surface area contributed by atoms with Crippen LogP contribution in [0.15, 0.2) is 48.5 Å². The number of hydrogen-bond acceptors (Lipinski definition) is 7. The van der Waals surface area contributed by atoms with Gasteiger partial charge in [-0.2, -0.15) is 0 Å². The van der Waals surface area contributed by atoms with Crippen molar-refractivity contribution in [2.45, 2.75) is 44.7 Å².